The predicted molar refractivity (Wildman–Crippen MR) is 90.3 cm³/mol. The largest absolute Gasteiger partial charge is 0.397 e. The maximum absolute atomic E-state index is 12.2. The second kappa shape index (κ2) is 7.09. The maximum Gasteiger partial charge on any atom is 0.265 e. The molecule has 1 heterocycles. The quantitative estimate of drug-likeness (QED) is 0.741. The number of hydrogen-bond acceptors (Lipinski definition) is 4. The smallest absolute Gasteiger partial charge is 0.265 e. The molecule has 0 bridgehead atoms. The van der Waals surface area contributed by atoms with Crippen molar-refractivity contribution in [2.75, 3.05) is 17.6 Å². The van der Waals surface area contributed by atoms with Crippen LogP contribution in [0.1, 0.15) is 33.2 Å². The molecule has 0 fully saturated rings. The molecular formula is C16H19N3O2S. The second-order valence-corrected chi connectivity index (χ2v) is 6.39. The van der Waals surface area contributed by atoms with Gasteiger partial charge in [0.15, 0.2) is 0 Å². The fourth-order valence-corrected chi connectivity index (χ4v) is 2.58. The molecule has 4 N–H and O–H groups in total. The summed E-state index contributed by atoms with van der Waals surface area (Å²) in [5.41, 5.74) is 6.86. The molecule has 6 heteroatoms. The highest BCUT2D eigenvalue weighted by Crippen LogP contribution is 2.21. The Hall–Kier alpha value is -2.34. The van der Waals surface area contributed by atoms with Gasteiger partial charge in [0.25, 0.3) is 11.8 Å². The van der Waals surface area contributed by atoms with E-state index in [0.717, 1.165) is 11.3 Å². The van der Waals surface area contributed by atoms with Crippen LogP contribution in [-0.4, -0.2) is 18.4 Å². The average molecular weight is 317 g/mol. The Bertz CT molecular complexity index is 680. The highest BCUT2D eigenvalue weighted by Gasteiger charge is 2.14. The van der Waals surface area contributed by atoms with Crippen molar-refractivity contribution >= 4 is 34.5 Å². The van der Waals surface area contributed by atoms with Crippen molar-refractivity contribution < 1.29 is 9.59 Å². The summed E-state index contributed by atoms with van der Waals surface area (Å²) in [7, 11) is 0. The third-order valence-corrected chi connectivity index (χ3v) is 4.02. The molecule has 1 aromatic carbocycles. The first-order chi connectivity index (χ1) is 10.5. The Kier molecular flexibility index (Phi) is 5.16. The zero-order valence-corrected chi connectivity index (χ0v) is 13.4. The maximum atomic E-state index is 12.2. The molecule has 0 atom stereocenters. The van der Waals surface area contributed by atoms with Gasteiger partial charge in [-0.2, -0.15) is 0 Å². The number of para-hydroxylation sites is 2. The van der Waals surface area contributed by atoms with Crippen molar-refractivity contribution in [1.82, 2.24) is 5.32 Å². The van der Waals surface area contributed by atoms with Gasteiger partial charge in [-0.15, -0.1) is 11.3 Å². The number of nitrogens with two attached hydrogens (primary N) is 1. The molecule has 0 aliphatic carbocycles. The molecule has 116 valence electrons. The van der Waals surface area contributed by atoms with Gasteiger partial charge in [-0.25, -0.2) is 0 Å². The standard InChI is InChI=1S/C16H19N3O2S/c1-10(2)9-18-15(20)13-7-8-14(22-13)16(21)19-12-6-4-3-5-11(12)17/h3-8,10H,9,17H2,1-2H3,(H,18,20)(H,19,21). The van der Waals surface area contributed by atoms with Crippen LogP contribution in [0.4, 0.5) is 11.4 Å². The number of hydrogen-bond donors (Lipinski definition) is 3. The highest BCUT2D eigenvalue weighted by molar-refractivity contribution is 7.16. The van der Waals surface area contributed by atoms with Gasteiger partial charge in [0.1, 0.15) is 0 Å². The third kappa shape index (κ3) is 4.08. The lowest BCUT2D eigenvalue weighted by Gasteiger charge is -2.06. The number of nitrogen functional groups attached to an aromatic ring is 1. The zero-order valence-electron chi connectivity index (χ0n) is 12.6. The molecule has 0 spiro atoms. The Morgan fingerprint density at radius 3 is 2.36 bits per heavy atom. The van der Waals surface area contributed by atoms with E-state index in [-0.39, 0.29) is 11.8 Å². The summed E-state index contributed by atoms with van der Waals surface area (Å²) in [6, 6.07) is 10.3. The lowest BCUT2D eigenvalue weighted by atomic mass is 10.2. The Morgan fingerprint density at radius 1 is 1.09 bits per heavy atom. The molecule has 0 saturated carbocycles. The van der Waals surface area contributed by atoms with Crippen LogP contribution in [0.15, 0.2) is 36.4 Å². The second-order valence-electron chi connectivity index (χ2n) is 5.31. The van der Waals surface area contributed by atoms with Gasteiger partial charge in [-0.3, -0.25) is 9.59 Å². The van der Waals surface area contributed by atoms with E-state index in [0.29, 0.717) is 33.6 Å². The zero-order chi connectivity index (χ0) is 16.1. The lowest BCUT2D eigenvalue weighted by Crippen LogP contribution is -2.26. The van der Waals surface area contributed by atoms with E-state index in [9.17, 15) is 9.59 Å². The fourth-order valence-electron chi connectivity index (χ4n) is 1.76. The van der Waals surface area contributed by atoms with Crippen molar-refractivity contribution in [3.8, 4) is 0 Å². The van der Waals surface area contributed by atoms with E-state index in [1.54, 1.807) is 36.4 Å². The summed E-state index contributed by atoms with van der Waals surface area (Å²) in [5, 5.41) is 5.57. The van der Waals surface area contributed by atoms with E-state index < -0.39 is 0 Å². The molecule has 5 nitrogen and oxygen atoms in total. The molecule has 2 amide bonds. The number of carbonyl (C=O) groups is 2. The van der Waals surface area contributed by atoms with E-state index in [1.165, 1.54) is 0 Å². The Morgan fingerprint density at radius 2 is 1.73 bits per heavy atom. The molecule has 0 saturated heterocycles. The van der Waals surface area contributed by atoms with Crippen molar-refractivity contribution in [3.05, 3.63) is 46.2 Å². The van der Waals surface area contributed by atoms with Gasteiger partial charge in [0.2, 0.25) is 0 Å². The van der Waals surface area contributed by atoms with Gasteiger partial charge >= 0.3 is 0 Å². The van der Waals surface area contributed by atoms with Gasteiger partial charge in [-0.1, -0.05) is 26.0 Å². The first kappa shape index (κ1) is 16.0. The van der Waals surface area contributed by atoms with Crippen molar-refractivity contribution in [2.24, 2.45) is 5.92 Å². The number of nitrogens with one attached hydrogen (secondary N) is 2. The molecule has 22 heavy (non-hydrogen) atoms. The Labute approximate surface area is 133 Å². The minimum Gasteiger partial charge on any atom is -0.397 e. The highest BCUT2D eigenvalue weighted by atomic mass is 32.1. The van der Waals surface area contributed by atoms with Crippen LogP contribution in [-0.2, 0) is 0 Å². The molecule has 0 unspecified atom stereocenters. The number of anilines is 2. The third-order valence-electron chi connectivity index (χ3n) is 2.93. The van der Waals surface area contributed by atoms with Crippen molar-refractivity contribution in [2.45, 2.75) is 13.8 Å². The average Bonchev–Trinajstić information content (AvgIpc) is 2.97. The first-order valence-electron chi connectivity index (χ1n) is 7.01. The van der Waals surface area contributed by atoms with Crippen LogP contribution < -0.4 is 16.4 Å². The molecule has 2 rings (SSSR count). The van der Waals surface area contributed by atoms with Crippen LogP contribution in [0.2, 0.25) is 0 Å². The molecule has 0 aliphatic rings. The lowest BCUT2D eigenvalue weighted by molar-refractivity contribution is 0.0952. The molecule has 2 aromatic rings. The van der Waals surface area contributed by atoms with Gasteiger partial charge in [-0.05, 0) is 30.2 Å². The van der Waals surface area contributed by atoms with E-state index in [4.69, 9.17) is 5.73 Å². The summed E-state index contributed by atoms with van der Waals surface area (Å²) < 4.78 is 0. The molecular weight excluding hydrogens is 298 g/mol. The van der Waals surface area contributed by atoms with Crippen LogP contribution in [0, 0.1) is 5.92 Å². The fraction of sp³-hybridized carbons (Fsp3) is 0.250. The minimum atomic E-state index is -0.272. The minimum absolute atomic E-state index is 0.156. The van der Waals surface area contributed by atoms with E-state index in [1.807, 2.05) is 13.8 Å². The van der Waals surface area contributed by atoms with Crippen molar-refractivity contribution in [1.29, 1.82) is 0 Å². The molecule has 0 radical (unpaired) electrons. The van der Waals surface area contributed by atoms with E-state index >= 15 is 0 Å². The number of amides is 2. The van der Waals surface area contributed by atoms with E-state index in [2.05, 4.69) is 10.6 Å². The van der Waals surface area contributed by atoms with Crippen LogP contribution in [0.25, 0.3) is 0 Å². The summed E-state index contributed by atoms with van der Waals surface area (Å²) in [5.74, 6) is -0.0458. The summed E-state index contributed by atoms with van der Waals surface area (Å²) in [6.45, 7) is 4.66. The number of benzene rings is 1. The van der Waals surface area contributed by atoms with Crippen molar-refractivity contribution in [3.63, 3.8) is 0 Å². The van der Waals surface area contributed by atoms with Gasteiger partial charge < -0.3 is 16.4 Å². The SMILES string of the molecule is CC(C)CNC(=O)c1ccc(C(=O)Nc2ccccc2N)s1. The van der Waals surface area contributed by atoms with Gasteiger partial charge in [0, 0.05) is 6.54 Å². The van der Waals surface area contributed by atoms with Crippen LogP contribution in [0.5, 0.6) is 0 Å². The number of rotatable bonds is 5. The molecule has 0 aliphatic heterocycles. The molecule has 1 aromatic heterocycles. The summed E-state index contributed by atoms with van der Waals surface area (Å²) >= 11 is 1.16. The van der Waals surface area contributed by atoms with Crippen LogP contribution >= 0.6 is 11.3 Å². The topological polar surface area (TPSA) is 84.2 Å². The number of thiophene rings is 1. The number of carbonyl (C=O) groups excluding carboxylic acids is 2. The van der Waals surface area contributed by atoms with Crippen LogP contribution in [0.3, 0.4) is 0 Å². The normalized spacial score (nSPS) is 10.5. The Balaban J connectivity index is 2.03. The monoisotopic (exact) mass is 317 g/mol. The summed E-state index contributed by atoms with van der Waals surface area (Å²) in [4.78, 5) is 25.1. The predicted octanol–water partition coefficient (Wildman–Crippen LogP) is 2.97. The first-order valence-corrected chi connectivity index (χ1v) is 7.83. The summed E-state index contributed by atoms with van der Waals surface area (Å²) in [6.07, 6.45) is 0. The van der Waals surface area contributed by atoms with Gasteiger partial charge in [0.05, 0.1) is 21.1 Å².